The summed E-state index contributed by atoms with van der Waals surface area (Å²) in [5.74, 6) is -0.621. The highest BCUT2D eigenvalue weighted by molar-refractivity contribution is 6.30. The third-order valence-corrected chi connectivity index (χ3v) is 7.22. The van der Waals surface area contributed by atoms with Crippen LogP contribution in [0.5, 0.6) is 11.5 Å². The van der Waals surface area contributed by atoms with E-state index in [1.165, 1.54) is 17.7 Å². The Hall–Kier alpha value is -3.88. The molecule has 1 aliphatic carbocycles. The number of rotatable bonds is 9. The fourth-order valence-electron chi connectivity index (χ4n) is 4.87. The maximum absolute atomic E-state index is 12.5. The molecule has 0 unspecified atom stereocenters. The van der Waals surface area contributed by atoms with Crippen molar-refractivity contribution in [2.75, 3.05) is 11.9 Å². The van der Waals surface area contributed by atoms with Crippen LogP contribution in [0, 0.1) is 0 Å². The summed E-state index contributed by atoms with van der Waals surface area (Å²) in [6, 6.07) is 26.5. The van der Waals surface area contributed by atoms with Crippen LogP contribution in [0.15, 0.2) is 91.0 Å². The van der Waals surface area contributed by atoms with E-state index in [9.17, 15) is 19.8 Å². The third-order valence-electron chi connectivity index (χ3n) is 6.98. The highest BCUT2D eigenvalue weighted by atomic mass is 35.5. The number of carboxylic acids is 1. The van der Waals surface area contributed by atoms with Crippen molar-refractivity contribution in [2.45, 2.75) is 31.4 Å². The first kappa shape index (κ1) is 30.1. The lowest BCUT2D eigenvalue weighted by molar-refractivity contribution is 0.0697. The van der Waals surface area contributed by atoms with Gasteiger partial charge in [-0.2, -0.15) is 0 Å². The molecule has 1 aliphatic rings. The fourth-order valence-corrected chi connectivity index (χ4v) is 5.07. The Morgan fingerprint density at radius 2 is 1.68 bits per heavy atom. The van der Waals surface area contributed by atoms with Crippen molar-refractivity contribution in [3.63, 3.8) is 0 Å². The molecule has 5 rings (SSSR count). The number of aryl methyl sites for hydroxylation is 1. The molecule has 0 saturated carbocycles. The van der Waals surface area contributed by atoms with Gasteiger partial charge in [-0.25, -0.2) is 4.79 Å². The Morgan fingerprint density at radius 3 is 2.44 bits per heavy atom. The number of anilines is 1. The highest BCUT2D eigenvalue weighted by Crippen LogP contribution is 2.31. The SMILES string of the molecule is Cl.O=C(Nc1ccc(Oc2ccc3c(c2)C[C@@H](NC[C@H](O)c2cccc(Cl)c2)CC3)cc1C(=O)O)c1ccccc1. The molecule has 4 N–H and O–H groups in total. The van der Waals surface area contributed by atoms with Crippen molar-refractivity contribution >= 4 is 41.6 Å². The molecule has 4 aromatic rings. The summed E-state index contributed by atoms with van der Waals surface area (Å²) in [7, 11) is 0. The number of fused-ring (bicyclic) bond motifs is 1. The molecule has 4 aromatic carbocycles. The summed E-state index contributed by atoms with van der Waals surface area (Å²) >= 11 is 6.05. The molecule has 0 saturated heterocycles. The van der Waals surface area contributed by atoms with Crippen LogP contribution in [-0.2, 0) is 12.8 Å². The second kappa shape index (κ2) is 13.7. The lowest BCUT2D eigenvalue weighted by Crippen LogP contribution is -2.37. The van der Waals surface area contributed by atoms with E-state index in [1.54, 1.807) is 48.5 Å². The van der Waals surface area contributed by atoms with Crippen molar-refractivity contribution in [3.05, 3.63) is 124 Å². The maximum Gasteiger partial charge on any atom is 0.337 e. The van der Waals surface area contributed by atoms with Gasteiger partial charge in [0.25, 0.3) is 5.91 Å². The van der Waals surface area contributed by atoms with E-state index in [4.69, 9.17) is 16.3 Å². The first-order valence-electron chi connectivity index (χ1n) is 13.1. The van der Waals surface area contributed by atoms with E-state index in [1.807, 2.05) is 30.3 Å². The van der Waals surface area contributed by atoms with E-state index < -0.39 is 18.0 Å². The summed E-state index contributed by atoms with van der Waals surface area (Å²) < 4.78 is 6.03. The predicted octanol–water partition coefficient (Wildman–Crippen LogP) is 6.69. The number of carbonyl (C=O) groups is 2. The van der Waals surface area contributed by atoms with Crippen molar-refractivity contribution < 1.29 is 24.5 Å². The van der Waals surface area contributed by atoms with E-state index >= 15 is 0 Å². The largest absolute Gasteiger partial charge is 0.478 e. The quantitative estimate of drug-likeness (QED) is 0.172. The molecule has 0 bridgehead atoms. The first-order valence-corrected chi connectivity index (χ1v) is 13.4. The minimum Gasteiger partial charge on any atom is -0.478 e. The minimum absolute atomic E-state index is 0. The van der Waals surface area contributed by atoms with Gasteiger partial charge in [-0.15, -0.1) is 12.4 Å². The second-order valence-corrected chi connectivity index (χ2v) is 10.2. The minimum atomic E-state index is -1.17. The summed E-state index contributed by atoms with van der Waals surface area (Å²) in [6.45, 7) is 0.418. The zero-order valence-electron chi connectivity index (χ0n) is 22.0. The van der Waals surface area contributed by atoms with Crippen molar-refractivity contribution in [1.82, 2.24) is 5.32 Å². The van der Waals surface area contributed by atoms with E-state index in [2.05, 4.69) is 10.6 Å². The summed E-state index contributed by atoms with van der Waals surface area (Å²) in [6.07, 6.45) is 1.98. The first-order chi connectivity index (χ1) is 19.4. The Bertz CT molecular complexity index is 1530. The van der Waals surface area contributed by atoms with Crippen LogP contribution in [0.4, 0.5) is 5.69 Å². The number of aromatic carboxylic acids is 1. The Morgan fingerprint density at radius 1 is 0.927 bits per heavy atom. The smallest absolute Gasteiger partial charge is 0.337 e. The van der Waals surface area contributed by atoms with E-state index in [-0.39, 0.29) is 29.7 Å². The number of nitrogens with one attached hydrogen (secondary N) is 2. The van der Waals surface area contributed by atoms with Crippen molar-refractivity contribution in [2.24, 2.45) is 0 Å². The predicted molar refractivity (Wildman–Crippen MR) is 162 cm³/mol. The number of halogens is 2. The van der Waals surface area contributed by atoms with Gasteiger partial charge in [-0.05, 0) is 90.6 Å². The lowest BCUT2D eigenvalue weighted by Gasteiger charge is -2.27. The van der Waals surface area contributed by atoms with Gasteiger partial charge in [-0.1, -0.05) is 48.0 Å². The molecular weight excluding hydrogens is 563 g/mol. The molecule has 1 amide bonds. The van der Waals surface area contributed by atoms with Crippen LogP contribution in [-0.4, -0.2) is 34.7 Å². The maximum atomic E-state index is 12.5. The van der Waals surface area contributed by atoms with Gasteiger partial charge in [0.15, 0.2) is 0 Å². The number of ether oxygens (including phenoxy) is 1. The topological polar surface area (TPSA) is 108 Å². The van der Waals surface area contributed by atoms with Gasteiger partial charge in [0, 0.05) is 23.2 Å². The number of amides is 1. The number of aliphatic hydroxyl groups excluding tert-OH is 1. The van der Waals surface area contributed by atoms with Crippen LogP contribution >= 0.6 is 24.0 Å². The van der Waals surface area contributed by atoms with Gasteiger partial charge in [0.2, 0.25) is 0 Å². The Kier molecular flexibility index (Phi) is 10.0. The molecular formula is C32H30Cl2N2O5. The third kappa shape index (κ3) is 7.65. The van der Waals surface area contributed by atoms with Crippen LogP contribution in [0.2, 0.25) is 5.02 Å². The van der Waals surface area contributed by atoms with Crippen LogP contribution in [0.1, 0.15) is 49.9 Å². The Balaban J connectivity index is 0.00000387. The van der Waals surface area contributed by atoms with Gasteiger partial charge in [-0.3, -0.25) is 4.79 Å². The normalized spacial score (nSPS) is 14.7. The standard InChI is InChI=1S/C32H29ClN2O5.ClH/c33-24-8-4-7-22(15-24)30(36)19-34-25-11-9-20-10-12-26(17-23(20)16-25)40-27-13-14-29(28(18-27)32(38)39)35-31(37)21-5-2-1-3-6-21;/h1-8,10,12-15,17-18,25,30,34,36H,9,11,16,19H2,(H,35,37)(H,38,39);1H/t25-,30-;/m0./s1. The van der Waals surface area contributed by atoms with E-state index in [0.717, 1.165) is 30.4 Å². The van der Waals surface area contributed by atoms with Crippen molar-refractivity contribution in [3.8, 4) is 11.5 Å². The monoisotopic (exact) mass is 592 g/mol. The van der Waals surface area contributed by atoms with Crippen molar-refractivity contribution in [1.29, 1.82) is 0 Å². The molecule has 41 heavy (non-hydrogen) atoms. The average Bonchev–Trinajstić information content (AvgIpc) is 2.96. The van der Waals surface area contributed by atoms with Gasteiger partial charge >= 0.3 is 5.97 Å². The molecule has 0 fully saturated rings. The van der Waals surface area contributed by atoms with Gasteiger partial charge in [0.1, 0.15) is 11.5 Å². The molecule has 0 aromatic heterocycles. The zero-order chi connectivity index (χ0) is 28.1. The van der Waals surface area contributed by atoms with Gasteiger partial charge in [0.05, 0.1) is 17.4 Å². The summed E-state index contributed by atoms with van der Waals surface area (Å²) in [4.78, 5) is 24.5. The van der Waals surface area contributed by atoms with Gasteiger partial charge < -0.3 is 25.6 Å². The Labute approximate surface area is 249 Å². The number of carbonyl (C=O) groups excluding carboxylic acids is 1. The molecule has 2 atom stereocenters. The van der Waals surface area contributed by atoms with Crippen LogP contribution in [0.3, 0.4) is 0 Å². The number of hydrogen-bond acceptors (Lipinski definition) is 5. The van der Waals surface area contributed by atoms with E-state index in [0.29, 0.717) is 28.6 Å². The van der Waals surface area contributed by atoms with Crippen LogP contribution in [0.25, 0.3) is 0 Å². The average molecular weight is 594 g/mol. The molecule has 0 spiro atoms. The lowest BCUT2D eigenvalue weighted by atomic mass is 9.88. The molecule has 7 nitrogen and oxygen atoms in total. The fraction of sp³-hybridized carbons (Fsp3) is 0.188. The van der Waals surface area contributed by atoms with Crippen LogP contribution < -0.4 is 15.4 Å². The molecule has 0 heterocycles. The number of carboxylic acid groups (broad SMARTS) is 1. The zero-order valence-corrected chi connectivity index (χ0v) is 23.6. The summed E-state index contributed by atoms with van der Waals surface area (Å²) in [5.41, 5.74) is 3.71. The molecule has 0 aliphatic heterocycles. The highest BCUT2D eigenvalue weighted by Gasteiger charge is 2.21. The number of hydrogen-bond donors (Lipinski definition) is 4. The number of benzene rings is 4. The molecule has 212 valence electrons. The molecule has 0 radical (unpaired) electrons. The number of aliphatic hydroxyl groups is 1. The second-order valence-electron chi connectivity index (χ2n) is 9.78. The molecule has 9 heteroatoms. The summed E-state index contributed by atoms with van der Waals surface area (Å²) in [5, 5.41) is 27.1.